The number of carbonyl (C=O) groups excluding carboxylic acids is 3. The molecule has 1 aromatic heterocycles. The molecule has 2 heterocycles. The summed E-state index contributed by atoms with van der Waals surface area (Å²) in [5, 5.41) is 3.15. The summed E-state index contributed by atoms with van der Waals surface area (Å²) in [6.07, 6.45) is 7.61. The first-order valence-electron chi connectivity index (χ1n) is 10.3. The quantitative estimate of drug-likeness (QED) is 0.401. The predicted octanol–water partition coefficient (Wildman–Crippen LogP) is 3.73. The van der Waals surface area contributed by atoms with Crippen LogP contribution in [0.25, 0.3) is 6.08 Å². The summed E-state index contributed by atoms with van der Waals surface area (Å²) < 4.78 is 20.5. The Morgan fingerprint density at radius 3 is 2.78 bits per heavy atom. The van der Waals surface area contributed by atoms with Gasteiger partial charge < -0.3 is 24.3 Å². The maximum Gasteiger partial charge on any atom is 0.341 e. The van der Waals surface area contributed by atoms with Gasteiger partial charge in [0, 0.05) is 11.0 Å². The van der Waals surface area contributed by atoms with Crippen LogP contribution in [0.4, 0.5) is 5.00 Å². The van der Waals surface area contributed by atoms with Gasteiger partial charge in [0.2, 0.25) is 6.79 Å². The van der Waals surface area contributed by atoms with Gasteiger partial charge in [-0.05, 0) is 55.0 Å². The van der Waals surface area contributed by atoms with Crippen molar-refractivity contribution in [1.82, 2.24) is 0 Å². The number of hydrogen-bond donors (Lipinski definition) is 1. The van der Waals surface area contributed by atoms with Crippen LogP contribution in [0.2, 0.25) is 0 Å². The summed E-state index contributed by atoms with van der Waals surface area (Å²) >= 11 is 1.39. The van der Waals surface area contributed by atoms with Crippen molar-refractivity contribution in [2.45, 2.75) is 32.1 Å². The third kappa shape index (κ3) is 4.94. The van der Waals surface area contributed by atoms with Gasteiger partial charge in [0.15, 0.2) is 18.1 Å². The fourth-order valence-corrected chi connectivity index (χ4v) is 4.97. The van der Waals surface area contributed by atoms with E-state index >= 15 is 0 Å². The van der Waals surface area contributed by atoms with Gasteiger partial charge in [-0.15, -0.1) is 11.3 Å². The molecule has 1 aromatic carbocycles. The highest BCUT2D eigenvalue weighted by molar-refractivity contribution is 7.17. The van der Waals surface area contributed by atoms with Gasteiger partial charge in [-0.3, -0.25) is 4.79 Å². The van der Waals surface area contributed by atoms with Crippen LogP contribution in [0.5, 0.6) is 11.5 Å². The molecule has 0 saturated carbocycles. The molecule has 0 bridgehead atoms. The van der Waals surface area contributed by atoms with Crippen molar-refractivity contribution in [2.75, 3.05) is 25.8 Å². The molecule has 2 aliphatic rings. The number of carbonyl (C=O) groups is 3. The highest BCUT2D eigenvalue weighted by Crippen LogP contribution is 2.38. The molecule has 4 rings (SSSR count). The number of methoxy groups -OCH3 is 1. The maximum atomic E-state index is 12.4. The standard InChI is InChI=1S/C23H23NO7S/c1-28-23(27)21-15-5-3-2-4-6-18(15)32-22(21)24-19(25)12-29-20(26)10-8-14-7-9-16-17(11-14)31-13-30-16/h7-11H,2-6,12-13H2,1H3,(H,24,25). The molecule has 2 aromatic rings. The van der Waals surface area contributed by atoms with E-state index < -0.39 is 24.5 Å². The van der Waals surface area contributed by atoms with Crippen LogP contribution in [-0.2, 0) is 31.9 Å². The van der Waals surface area contributed by atoms with E-state index in [4.69, 9.17) is 18.9 Å². The second-order valence-corrected chi connectivity index (χ2v) is 8.47. The Hall–Kier alpha value is -3.33. The molecule has 1 aliphatic heterocycles. The SMILES string of the molecule is COC(=O)c1c(NC(=O)COC(=O)C=Cc2ccc3c(c2)OCO3)sc2c1CCCCC2. The third-order valence-corrected chi connectivity index (χ3v) is 6.43. The second kappa shape index (κ2) is 9.86. The smallest absolute Gasteiger partial charge is 0.341 e. The fraction of sp³-hybridized carbons (Fsp3) is 0.348. The lowest BCUT2D eigenvalue weighted by molar-refractivity contribution is -0.142. The maximum absolute atomic E-state index is 12.4. The molecule has 0 spiro atoms. The first kappa shape index (κ1) is 21.9. The summed E-state index contributed by atoms with van der Waals surface area (Å²) in [6, 6.07) is 5.27. The Labute approximate surface area is 189 Å². The van der Waals surface area contributed by atoms with Crippen molar-refractivity contribution >= 4 is 40.3 Å². The van der Waals surface area contributed by atoms with Crippen molar-refractivity contribution in [3.05, 3.63) is 45.8 Å². The lowest BCUT2D eigenvalue weighted by atomic mass is 10.1. The molecule has 1 aliphatic carbocycles. The van der Waals surface area contributed by atoms with E-state index in [1.54, 1.807) is 24.3 Å². The topological polar surface area (TPSA) is 100 Å². The van der Waals surface area contributed by atoms with Crippen LogP contribution in [0.15, 0.2) is 24.3 Å². The minimum atomic E-state index is -0.659. The van der Waals surface area contributed by atoms with Crippen molar-refractivity contribution < 1.29 is 33.3 Å². The number of anilines is 1. The number of hydrogen-bond acceptors (Lipinski definition) is 8. The molecule has 8 nitrogen and oxygen atoms in total. The molecule has 0 saturated heterocycles. The Bertz CT molecular complexity index is 1070. The van der Waals surface area contributed by atoms with Gasteiger partial charge in [-0.1, -0.05) is 12.5 Å². The van der Waals surface area contributed by atoms with E-state index in [0.717, 1.165) is 48.1 Å². The number of thiophene rings is 1. The van der Waals surface area contributed by atoms with Gasteiger partial charge in [0.1, 0.15) is 5.00 Å². The third-order valence-electron chi connectivity index (χ3n) is 5.22. The summed E-state index contributed by atoms with van der Waals surface area (Å²) in [5.41, 5.74) is 2.11. The number of amides is 1. The number of aryl methyl sites for hydroxylation is 1. The monoisotopic (exact) mass is 457 g/mol. The normalized spacial score (nSPS) is 14.5. The highest BCUT2D eigenvalue weighted by atomic mass is 32.1. The molecule has 1 amide bonds. The zero-order chi connectivity index (χ0) is 22.5. The van der Waals surface area contributed by atoms with E-state index in [2.05, 4.69) is 5.32 Å². The first-order chi connectivity index (χ1) is 15.5. The number of esters is 2. The zero-order valence-electron chi connectivity index (χ0n) is 17.6. The fourth-order valence-electron chi connectivity index (χ4n) is 3.68. The molecule has 168 valence electrons. The van der Waals surface area contributed by atoms with Crippen LogP contribution in [0.1, 0.15) is 45.6 Å². The second-order valence-electron chi connectivity index (χ2n) is 7.36. The molecule has 0 fully saturated rings. The van der Waals surface area contributed by atoms with E-state index in [9.17, 15) is 14.4 Å². The minimum Gasteiger partial charge on any atom is -0.465 e. The molecular weight excluding hydrogens is 434 g/mol. The molecule has 0 unspecified atom stereocenters. The van der Waals surface area contributed by atoms with Crippen molar-refractivity contribution in [3.8, 4) is 11.5 Å². The van der Waals surface area contributed by atoms with Gasteiger partial charge in [-0.2, -0.15) is 0 Å². The van der Waals surface area contributed by atoms with Gasteiger partial charge in [-0.25, -0.2) is 9.59 Å². The molecule has 32 heavy (non-hydrogen) atoms. The van der Waals surface area contributed by atoms with Crippen LogP contribution in [-0.4, -0.2) is 38.4 Å². The van der Waals surface area contributed by atoms with Crippen molar-refractivity contribution in [3.63, 3.8) is 0 Å². The van der Waals surface area contributed by atoms with Crippen LogP contribution >= 0.6 is 11.3 Å². The number of rotatable bonds is 6. The lowest BCUT2D eigenvalue weighted by Crippen LogP contribution is -2.21. The summed E-state index contributed by atoms with van der Waals surface area (Å²) in [4.78, 5) is 37.8. The lowest BCUT2D eigenvalue weighted by Gasteiger charge is -2.07. The van der Waals surface area contributed by atoms with Crippen molar-refractivity contribution in [2.24, 2.45) is 0 Å². The highest BCUT2D eigenvalue weighted by Gasteiger charge is 2.26. The number of nitrogens with one attached hydrogen (secondary N) is 1. The molecular formula is C23H23NO7S. The summed E-state index contributed by atoms with van der Waals surface area (Å²) in [6.45, 7) is -0.294. The summed E-state index contributed by atoms with van der Waals surface area (Å²) in [7, 11) is 1.32. The molecule has 1 N–H and O–H groups in total. The zero-order valence-corrected chi connectivity index (χ0v) is 18.4. The van der Waals surface area contributed by atoms with Gasteiger partial charge in [0.05, 0.1) is 12.7 Å². The van der Waals surface area contributed by atoms with E-state index in [0.29, 0.717) is 22.1 Å². The Morgan fingerprint density at radius 1 is 1.12 bits per heavy atom. The molecule has 0 atom stereocenters. The molecule has 9 heteroatoms. The van der Waals surface area contributed by atoms with Crippen molar-refractivity contribution in [1.29, 1.82) is 0 Å². The van der Waals surface area contributed by atoms with E-state index in [1.807, 2.05) is 0 Å². The Kier molecular flexibility index (Phi) is 6.75. The Balaban J connectivity index is 1.35. The van der Waals surface area contributed by atoms with E-state index in [-0.39, 0.29) is 6.79 Å². The van der Waals surface area contributed by atoms with E-state index in [1.165, 1.54) is 24.5 Å². The minimum absolute atomic E-state index is 0.171. The van der Waals surface area contributed by atoms with Gasteiger partial charge >= 0.3 is 11.9 Å². The first-order valence-corrected chi connectivity index (χ1v) is 11.1. The van der Waals surface area contributed by atoms with Crippen LogP contribution in [0, 0.1) is 0 Å². The number of ether oxygens (including phenoxy) is 4. The Morgan fingerprint density at radius 2 is 1.94 bits per heavy atom. The average molecular weight is 458 g/mol. The average Bonchev–Trinajstić information content (AvgIpc) is 3.32. The summed E-state index contributed by atoms with van der Waals surface area (Å²) in [5.74, 6) is -0.387. The number of benzene rings is 1. The largest absolute Gasteiger partial charge is 0.465 e. The number of fused-ring (bicyclic) bond motifs is 2. The predicted molar refractivity (Wildman–Crippen MR) is 118 cm³/mol. The van der Waals surface area contributed by atoms with Gasteiger partial charge in [0.25, 0.3) is 5.91 Å². The molecule has 0 radical (unpaired) electrons. The van der Waals surface area contributed by atoms with Crippen LogP contribution in [0.3, 0.4) is 0 Å². The van der Waals surface area contributed by atoms with Crippen LogP contribution < -0.4 is 14.8 Å².